The first-order valence-corrected chi connectivity index (χ1v) is 10.2. The van der Waals surface area contributed by atoms with Crippen LogP contribution in [0.3, 0.4) is 0 Å². The summed E-state index contributed by atoms with van der Waals surface area (Å²) in [5.74, 6) is -0.443. The van der Waals surface area contributed by atoms with Gasteiger partial charge in [-0.25, -0.2) is 9.97 Å². The molecule has 0 unspecified atom stereocenters. The highest BCUT2D eigenvalue weighted by molar-refractivity contribution is 5.53. The number of aliphatic hydroxyl groups is 1. The molecule has 1 atom stereocenters. The first-order chi connectivity index (χ1) is 15.4. The Kier molecular flexibility index (Phi) is 6.27. The second-order valence-corrected chi connectivity index (χ2v) is 7.66. The molecule has 168 valence electrons. The smallest absolute Gasteiger partial charge is 0.392 e. The minimum absolute atomic E-state index is 0.0440. The second-order valence-electron chi connectivity index (χ2n) is 7.66. The summed E-state index contributed by atoms with van der Waals surface area (Å²) in [6, 6.07) is 12.0. The van der Waals surface area contributed by atoms with Gasteiger partial charge in [0.25, 0.3) is 0 Å². The number of alkyl halides is 3. The van der Waals surface area contributed by atoms with Gasteiger partial charge in [0, 0.05) is 13.1 Å². The lowest BCUT2D eigenvalue weighted by Gasteiger charge is -2.27. The average Bonchev–Trinajstić information content (AvgIpc) is 3.28. The molecule has 2 N–H and O–H groups in total. The van der Waals surface area contributed by atoms with Gasteiger partial charge in [0.1, 0.15) is 6.33 Å². The number of hydrogen-bond donors (Lipinski definition) is 2. The molecule has 0 saturated carbocycles. The average molecular weight is 446 g/mol. The van der Waals surface area contributed by atoms with E-state index in [0.29, 0.717) is 25.1 Å². The van der Waals surface area contributed by atoms with E-state index in [-0.39, 0.29) is 24.3 Å². The maximum atomic E-state index is 15.3. The highest BCUT2D eigenvalue weighted by Gasteiger charge is 2.33. The van der Waals surface area contributed by atoms with Crippen molar-refractivity contribution in [1.82, 2.24) is 9.97 Å². The highest BCUT2D eigenvalue weighted by atomic mass is 19.4. The van der Waals surface area contributed by atoms with Gasteiger partial charge in [0.15, 0.2) is 11.6 Å². The first-order valence-electron chi connectivity index (χ1n) is 10.2. The lowest BCUT2D eigenvalue weighted by atomic mass is 10.0. The second kappa shape index (κ2) is 9.12. The number of nitrogens with one attached hydrogen (secondary N) is 1. The van der Waals surface area contributed by atoms with Crippen molar-refractivity contribution in [2.75, 3.05) is 16.8 Å². The molecule has 0 amide bonds. The third kappa shape index (κ3) is 4.67. The Bertz CT molecular complexity index is 1070. The number of halogens is 4. The van der Waals surface area contributed by atoms with Crippen molar-refractivity contribution in [3.05, 3.63) is 82.9 Å². The summed E-state index contributed by atoms with van der Waals surface area (Å²) in [5, 5.41) is 12.2. The van der Waals surface area contributed by atoms with E-state index in [1.807, 2.05) is 18.2 Å². The molecular formula is C23H22F4N4O. The quantitative estimate of drug-likeness (QED) is 0.517. The molecule has 1 saturated heterocycles. The molecule has 4 rings (SSSR count). The van der Waals surface area contributed by atoms with Gasteiger partial charge >= 0.3 is 6.18 Å². The topological polar surface area (TPSA) is 61.3 Å². The molecule has 1 aromatic heterocycles. The lowest BCUT2D eigenvalue weighted by Crippen LogP contribution is -2.25. The summed E-state index contributed by atoms with van der Waals surface area (Å²) < 4.78 is 53.9. The van der Waals surface area contributed by atoms with E-state index < -0.39 is 17.6 Å². The monoisotopic (exact) mass is 446 g/mol. The Morgan fingerprint density at radius 2 is 1.81 bits per heavy atom. The third-order valence-electron chi connectivity index (χ3n) is 5.55. The molecular weight excluding hydrogens is 424 g/mol. The van der Waals surface area contributed by atoms with Crippen LogP contribution in [-0.2, 0) is 19.3 Å². The normalized spacial score (nSPS) is 16.4. The Morgan fingerprint density at radius 3 is 2.53 bits per heavy atom. The van der Waals surface area contributed by atoms with Crippen LogP contribution < -0.4 is 10.2 Å². The fourth-order valence-electron chi connectivity index (χ4n) is 3.97. The van der Waals surface area contributed by atoms with Crippen molar-refractivity contribution in [3.8, 4) is 0 Å². The fraction of sp³-hybridized carbons (Fsp3) is 0.304. The van der Waals surface area contributed by atoms with E-state index in [4.69, 9.17) is 0 Å². The number of aromatic nitrogens is 2. The SMILES string of the molecule is OCc1cccc(CNc2ncnc(N3CCC[C@@H]3c3ccc(C(F)(F)F)cc3)c2F)c1. The summed E-state index contributed by atoms with van der Waals surface area (Å²) in [5.41, 5.74) is 1.59. The molecule has 0 spiro atoms. The molecule has 1 aliphatic rings. The van der Waals surface area contributed by atoms with Crippen LogP contribution >= 0.6 is 0 Å². The Hall–Kier alpha value is -3.20. The predicted octanol–water partition coefficient (Wildman–Crippen LogP) is 5.08. The molecule has 2 heterocycles. The summed E-state index contributed by atoms with van der Waals surface area (Å²) in [6.45, 7) is 0.765. The van der Waals surface area contributed by atoms with Crippen LogP contribution in [0.4, 0.5) is 29.2 Å². The maximum Gasteiger partial charge on any atom is 0.416 e. The van der Waals surface area contributed by atoms with Crippen LogP contribution in [0.2, 0.25) is 0 Å². The number of hydrogen-bond acceptors (Lipinski definition) is 5. The summed E-state index contributed by atoms with van der Waals surface area (Å²) in [7, 11) is 0. The van der Waals surface area contributed by atoms with Crippen molar-refractivity contribution in [2.24, 2.45) is 0 Å². The minimum Gasteiger partial charge on any atom is -0.392 e. The Morgan fingerprint density at radius 1 is 1.06 bits per heavy atom. The lowest BCUT2D eigenvalue weighted by molar-refractivity contribution is -0.137. The molecule has 9 heteroatoms. The molecule has 0 radical (unpaired) electrons. The van der Waals surface area contributed by atoms with Crippen LogP contribution in [0, 0.1) is 5.82 Å². The zero-order valence-corrected chi connectivity index (χ0v) is 17.1. The van der Waals surface area contributed by atoms with Crippen LogP contribution in [0.15, 0.2) is 54.9 Å². The van der Waals surface area contributed by atoms with Gasteiger partial charge in [-0.2, -0.15) is 17.6 Å². The van der Waals surface area contributed by atoms with Gasteiger partial charge < -0.3 is 15.3 Å². The molecule has 32 heavy (non-hydrogen) atoms. The summed E-state index contributed by atoms with van der Waals surface area (Å²) >= 11 is 0. The van der Waals surface area contributed by atoms with Gasteiger partial charge in [-0.1, -0.05) is 36.4 Å². The van der Waals surface area contributed by atoms with E-state index in [9.17, 15) is 18.3 Å². The molecule has 1 aliphatic heterocycles. The van der Waals surface area contributed by atoms with Crippen molar-refractivity contribution < 1.29 is 22.7 Å². The van der Waals surface area contributed by atoms with Crippen molar-refractivity contribution in [1.29, 1.82) is 0 Å². The molecule has 0 aliphatic carbocycles. The van der Waals surface area contributed by atoms with E-state index in [2.05, 4.69) is 15.3 Å². The number of nitrogens with zero attached hydrogens (tertiary/aromatic N) is 3. The number of benzene rings is 2. The fourth-order valence-corrected chi connectivity index (χ4v) is 3.97. The standard InChI is InChI=1S/C23H22F4N4O/c24-20-21(28-12-15-3-1-4-16(11-15)13-32)29-14-30-22(20)31-10-2-5-19(31)17-6-8-18(9-7-17)23(25,26)27/h1,3-4,6-9,11,14,19,32H,2,5,10,12-13H2,(H,28,29,30)/t19-/m1/s1. The van der Waals surface area contributed by atoms with Gasteiger partial charge in [-0.15, -0.1) is 0 Å². The largest absolute Gasteiger partial charge is 0.416 e. The van der Waals surface area contributed by atoms with Crippen LogP contribution in [0.25, 0.3) is 0 Å². The Labute approximate surface area is 182 Å². The van der Waals surface area contributed by atoms with Gasteiger partial charge in [-0.05, 0) is 41.7 Å². The highest BCUT2D eigenvalue weighted by Crippen LogP contribution is 2.38. The van der Waals surface area contributed by atoms with Gasteiger partial charge in [0.05, 0.1) is 18.2 Å². The van der Waals surface area contributed by atoms with E-state index in [1.54, 1.807) is 11.0 Å². The third-order valence-corrected chi connectivity index (χ3v) is 5.55. The van der Waals surface area contributed by atoms with E-state index in [1.165, 1.54) is 18.5 Å². The summed E-state index contributed by atoms with van der Waals surface area (Å²) in [4.78, 5) is 9.90. The van der Waals surface area contributed by atoms with Crippen molar-refractivity contribution in [3.63, 3.8) is 0 Å². The number of rotatable bonds is 6. The zero-order valence-electron chi connectivity index (χ0n) is 17.1. The molecule has 2 aromatic carbocycles. The molecule has 5 nitrogen and oxygen atoms in total. The van der Waals surface area contributed by atoms with Crippen molar-refractivity contribution in [2.45, 2.75) is 38.2 Å². The van der Waals surface area contributed by atoms with Crippen molar-refractivity contribution >= 4 is 11.6 Å². The van der Waals surface area contributed by atoms with Crippen LogP contribution in [-0.4, -0.2) is 21.6 Å². The Balaban J connectivity index is 1.54. The van der Waals surface area contributed by atoms with Crippen LogP contribution in [0.5, 0.6) is 0 Å². The van der Waals surface area contributed by atoms with Gasteiger partial charge in [-0.3, -0.25) is 0 Å². The van der Waals surface area contributed by atoms with Gasteiger partial charge in [0.2, 0.25) is 5.82 Å². The van der Waals surface area contributed by atoms with Crippen LogP contribution in [0.1, 0.15) is 41.1 Å². The molecule has 1 fully saturated rings. The first kappa shape index (κ1) is 22.0. The van der Waals surface area contributed by atoms with E-state index >= 15 is 4.39 Å². The minimum atomic E-state index is -4.40. The summed E-state index contributed by atoms with van der Waals surface area (Å²) in [6.07, 6.45) is -1.67. The number of anilines is 2. The molecule has 3 aromatic rings. The zero-order chi connectivity index (χ0) is 22.7. The van der Waals surface area contributed by atoms with E-state index in [0.717, 1.165) is 29.7 Å². The predicted molar refractivity (Wildman–Crippen MR) is 112 cm³/mol. The maximum absolute atomic E-state index is 15.3. The molecule has 0 bridgehead atoms. The number of aliphatic hydroxyl groups excluding tert-OH is 1.